The molecule has 0 amide bonds. The minimum absolute atomic E-state index is 0.756. The maximum Gasteiger partial charge on any atom is 0.0983 e. The molecule has 2 nitrogen and oxygen atoms in total. The second kappa shape index (κ2) is 4.88. The van der Waals surface area contributed by atoms with Crippen LogP contribution in [0.5, 0.6) is 0 Å². The van der Waals surface area contributed by atoms with Gasteiger partial charge in [-0.1, -0.05) is 6.07 Å². The van der Waals surface area contributed by atoms with Gasteiger partial charge in [0, 0.05) is 28.6 Å². The van der Waals surface area contributed by atoms with Crippen molar-refractivity contribution in [1.82, 2.24) is 10.3 Å². The highest BCUT2D eigenvalue weighted by Gasteiger charge is 2.29. The summed E-state index contributed by atoms with van der Waals surface area (Å²) in [6, 6.07) is 4.31. The molecule has 0 aliphatic heterocycles. The number of thiophene rings is 1. The van der Waals surface area contributed by atoms with Crippen molar-refractivity contribution in [3.63, 3.8) is 0 Å². The predicted octanol–water partition coefficient (Wildman–Crippen LogP) is 3.39. The van der Waals surface area contributed by atoms with E-state index in [-0.39, 0.29) is 0 Å². The van der Waals surface area contributed by atoms with Crippen LogP contribution in [0.15, 0.2) is 17.5 Å². The highest BCUT2D eigenvalue weighted by atomic mass is 32.1. The van der Waals surface area contributed by atoms with Gasteiger partial charge in [0.05, 0.1) is 10.7 Å². The number of aromatic nitrogens is 1. The van der Waals surface area contributed by atoms with Crippen LogP contribution in [0, 0.1) is 0 Å². The lowest BCUT2D eigenvalue weighted by Gasteiger charge is -1.97. The van der Waals surface area contributed by atoms with Gasteiger partial charge in [-0.05, 0) is 31.3 Å². The van der Waals surface area contributed by atoms with E-state index >= 15 is 0 Å². The van der Waals surface area contributed by atoms with Crippen molar-refractivity contribution in [3.8, 4) is 0 Å². The van der Waals surface area contributed by atoms with Gasteiger partial charge in [0.25, 0.3) is 0 Å². The molecule has 2 aromatic rings. The van der Waals surface area contributed by atoms with Crippen molar-refractivity contribution >= 4 is 22.7 Å². The van der Waals surface area contributed by atoms with Crippen LogP contribution in [-0.2, 0) is 13.0 Å². The van der Waals surface area contributed by atoms with Gasteiger partial charge in [0.15, 0.2) is 0 Å². The average Bonchev–Trinajstić information content (AvgIpc) is 2.90. The van der Waals surface area contributed by atoms with Crippen LogP contribution < -0.4 is 5.32 Å². The molecular formula is C13H16N2S2. The first-order valence-corrected chi connectivity index (χ1v) is 7.72. The van der Waals surface area contributed by atoms with Crippen LogP contribution in [0.2, 0.25) is 0 Å². The van der Waals surface area contributed by atoms with Gasteiger partial charge in [-0.15, -0.1) is 22.7 Å². The SMILES string of the molecule is CNCc1sc(Cc2cccs2)nc1C1CC1. The lowest BCUT2D eigenvalue weighted by molar-refractivity contribution is 0.812. The predicted molar refractivity (Wildman–Crippen MR) is 74.0 cm³/mol. The van der Waals surface area contributed by atoms with Crippen molar-refractivity contribution in [2.45, 2.75) is 31.7 Å². The Morgan fingerprint density at radius 3 is 3.00 bits per heavy atom. The van der Waals surface area contributed by atoms with Crippen LogP contribution in [0.25, 0.3) is 0 Å². The summed E-state index contributed by atoms with van der Waals surface area (Å²) in [6.45, 7) is 0.966. The molecule has 0 radical (unpaired) electrons. The van der Waals surface area contributed by atoms with E-state index in [4.69, 9.17) is 4.98 Å². The molecule has 2 aromatic heterocycles. The number of nitrogens with zero attached hydrogens (tertiary/aromatic N) is 1. The molecule has 1 N–H and O–H groups in total. The molecule has 1 aliphatic rings. The summed E-state index contributed by atoms with van der Waals surface area (Å²) < 4.78 is 0. The van der Waals surface area contributed by atoms with Crippen molar-refractivity contribution in [1.29, 1.82) is 0 Å². The minimum Gasteiger partial charge on any atom is -0.315 e. The van der Waals surface area contributed by atoms with E-state index in [9.17, 15) is 0 Å². The molecule has 0 saturated heterocycles. The number of hydrogen-bond donors (Lipinski definition) is 1. The summed E-state index contributed by atoms with van der Waals surface area (Å²) in [6.07, 6.45) is 3.67. The fourth-order valence-electron chi connectivity index (χ4n) is 2.01. The maximum absolute atomic E-state index is 4.85. The highest BCUT2D eigenvalue weighted by Crippen LogP contribution is 2.42. The lowest BCUT2D eigenvalue weighted by Crippen LogP contribution is -2.05. The topological polar surface area (TPSA) is 24.9 Å². The van der Waals surface area contributed by atoms with Crippen molar-refractivity contribution in [2.24, 2.45) is 0 Å². The Kier molecular flexibility index (Phi) is 3.27. The van der Waals surface area contributed by atoms with E-state index in [1.807, 2.05) is 29.7 Å². The Bertz CT molecular complexity index is 483. The van der Waals surface area contributed by atoms with Gasteiger partial charge >= 0.3 is 0 Å². The van der Waals surface area contributed by atoms with Gasteiger partial charge in [0.1, 0.15) is 0 Å². The zero-order valence-corrected chi connectivity index (χ0v) is 11.5. The van der Waals surface area contributed by atoms with Crippen LogP contribution in [-0.4, -0.2) is 12.0 Å². The van der Waals surface area contributed by atoms with Crippen molar-refractivity contribution in [3.05, 3.63) is 38.0 Å². The standard InChI is InChI=1S/C13H16N2S2/c1-14-8-11-13(9-4-5-9)15-12(17-11)7-10-3-2-6-16-10/h2-3,6,9,14H,4-5,7-8H2,1H3. The molecule has 0 spiro atoms. The molecule has 3 rings (SSSR count). The number of rotatable bonds is 5. The largest absolute Gasteiger partial charge is 0.315 e. The van der Waals surface area contributed by atoms with Crippen LogP contribution >= 0.6 is 22.7 Å². The second-order valence-corrected chi connectivity index (χ2v) is 6.68. The Hall–Kier alpha value is -0.710. The van der Waals surface area contributed by atoms with Crippen LogP contribution in [0.1, 0.15) is 39.2 Å². The summed E-state index contributed by atoms with van der Waals surface area (Å²) in [5.41, 5.74) is 1.37. The highest BCUT2D eigenvalue weighted by molar-refractivity contribution is 7.12. The number of thiazole rings is 1. The Labute approximate surface area is 110 Å². The molecule has 1 saturated carbocycles. The fraction of sp³-hybridized carbons (Fsp3) is 0.462. The zero-order chi connectivity index (χ0) is 11.7. The molecule has 17 heavy (non-hydrogen) atoms. The Morgan fingerprint density at radius 1 is 1.47 bits per heavy atom. The van der Waals surface area contributed by atoms with E-state index in [0.29, 0.717) is 0 Å². The summed E-state index contributed by atoms with van der Waals surface area (Å²) in [5.74, 6) is 0.756. The third kappa shape index (κ3) is 2.59. The van der Waals surface area contributed by atoms with Gasteiger partial charge in [0.2, 0.25) is 0 Å². The molecule has 0 aromatic carbocycles. The van der Waals surface area contributed by atoms with Gasteiger partial charge in [-0.25, -0.2) is 4.98 Å². The van der Waals surface area contributed by atoms with Crippen LogP contribution in [0.4, 0.5) is 0 Å². The first-order valence-electron chi connectivity index (χ1n) is 6.02. The lowest BCUT2D eigenvalue weighted by atomic mass is 10.2. The minimum atomic E-state index is 0.756. The molecule has 90 valence electrons. The number of nitrogens with one attached hydrogen (secondary N) is 1. The first kappa shape index (κ1) is 11.4. The molecule has 0 bridgehead atoms. The molecule has 1 aliphatic carbocycles. The molecule has 0 unspecified atom stereocenters. The Balaban J connectivity index is 1.82. The van der Waals surface area contributed by atoms with Gasteiger partial charge in [-0.3, -0.25) is 0 Å². The number of hydrogen-bond acceptors (Lipinski definition) is 4. The second-order valence-electron chi connectivity index (χ2n) is 4.48. The van der Waals surface area contributed by atoms with E-state index in [0.717, 1.165) is 18.9 Å². The van der Waals surface area contributed by atoms with Crippen molar-refractivity contribution < 1.29 is 0 Å². The van der Waals surface area contributed by atoms with E-state index in [1.165, 1.54) is 33.3 Å². The van der Waals surface area contributed by atoms with Crippen LogP contribution in [0.3, 0.4) is 0 Å². The quantitative estimate of drug-likeness (QED) is 0.895. The molecule has 2 heterocycles. The summed E-state index contributed by atoms with van der Waals surface area (Å²) in [5, 5.41) is 6.67. The van der Waals surface area contributed by atoms with Gasteiger partial charge in [-0.2, -0.15) is 0 Å². The zero-order valence-electron chi connectivity index (χ0n) is 9.90. The van der Waals surface area contributed by atoms with Crippen molar-refractivity contribution in [2.75, 3.05) is 7.05 Å². The summed E-state index contributed by atoms with van der Waals surface area (Å²) in [7, 11) is 2.01. The van der Waals surface area contributed by atoms with E-state index < -0.39 is 0 Å². The maximum atomic E-state index is 4.85. The molecule has 4 heteroatoms. The third-order valence-electron chi connectivity index (χ3n) is 2.98. The van der Waals surface area contributed by atoms with Gasteiger partial charge < -0.3 is 5.32 Å². The van der Waals surface area contributed by atoms with E-state index in [2.05, 4.69) is 22.8 Å². The monoisotopic (exact) mass is 264 g/mol. The summed E-state index contributed by atoms with van der Waals surface area (Å²) in [4.78, 5) is 7.71. The van der Waals surface area contributed by atoms with E-state index in [1.54, 1.807) is 0 Å². The molecule has 1 fully saturated rings. The first-order chi connectivity index (χ1) is 8.36. The Morgan fingerprint density at radius 2 is 2.35 bits per heavy atom. The fourth-order valence-corrected chi connectivity index (χ4v) is 4.00. The smallest absolute Gasteiger partial charge is 0.0983 e. The summed E-state index contributed by atoms with van der Waals surface area (Å²) >= 11 is 3.70. The average molecular weight is 264 g/mol. The molecule has 0 atom stereocenters. The third-order valence-corrected chi connectivity index (χ3v) is 4.93. The normalized spacial score (nSPS) is 15.4. The molecular weight excluding hydrogens is 248 g/mol.